The zero-order valence-electron chi connectivity index (χ0n) is 10.7. The summed E-state index contributed by atoms with van der Waals surface area (Å²) >= 11 is 5.87. The van der Waals surface area contributed by atoms with Crippen LogP contribution in [-0.2, 0) is 16.4 Å². The number of benzene rings is 2. The van der Waals surface area contributed by atoms with Gasteiger partial charge >= 0.3 is 0 Å². The first-order valence-electron chi connectivity index (χ1n) is 6.42. The summed E-state index contributed by atoms with van der Waals surface area (Å²) in [7, 11) is -3.47. The fourth-order valence-electron chi connectivity index (χ4n) is 2.51. The van der Waals surface area contributed by atoms with Gasteiger partial charge in [-0.1, -0.05) is 41.9 Å². The lowest BCUT2D eigenvalue weighted by molar-refractivity contribution is 0.551. The molecule has 2 aromatic carbocycles. The number of fused-ring (bicyclic) bond motifs is 1. The maximum atomic E-state index is 12.4. The molecule has 0 saturated heterocycles. The molecule has 0 spiro atoms. The van der Waals surface area contributed by atoms with E-state index < -0.39 is 10.0 Å². The number of hydrogen-bond donors (Lipinski definition) is 1. The highest BCUT2D eigenvalue weighted by atomic mass is 35.5. The lowest BCUT2D eigenvalue weighted by atomic mass is 10.00. The Morgan fingerprint density at radius 3 is 2.50 bits per heavy atom. The Morgan fingerprint density at radius 2 is 1.75 bits per heavy atom. The molecule has 1 N–H and O–H groups in total. The number of halogens is 1. The standard InChI is InChI=1S/C15H14ClNO2S/c16-13-8-5-11(6-9-13)14-10-7-12-3-1-2-4-15(12)20(18,19)17-14/h1-6,8-9,14,17H,7,10H2/t14-/m0/s1. The molecule has 0 saturated carbocycles. The van der Waals surface area contributed by atoms with Crippen LogP contribution < -0.4 is 4.72 Å². The monoisotopic (exact) mass is 307 g/mol. The fourth-order valence-corrected chi connectivity index (χ4v) is 4.17. The number of rotatable bonds is 1. The third-order valence-electron chi connectivity index (χ3n) is 3.53. The van der Waals surface area contributed by atoms with Gasteiger partial charge in [-0.05, 0) is 42.2 Å². The third kappa shape index (κ3) is 2.59. The first-order chi connectivity index (χ1) is 9.56. The molecule has 104 valence electrons. The second-order valence-electron chi connectivity index (χ2n) is 4.87. The molecule has 1 aliphatic heterocycles. The van der Waals surface area contributed by atoms with Crippen LogP contribution in [0.25, 0.3) is 0 Å². The highest BCUT2D eigenvalue weighted by Gasteiger charge is 2.27. The Balaban J connectivity index is 1.99. The van der Waals surface area contributed by atoms with Gasteiger partial charge in [0, 0.05) is 11.1 Å². The molecule has 0 fully saturated rings. The smallest absolute Gasteiger partial charge is 0.207 e. The van der Waals surface area contributed by atoms with E-state index in [-0.39, 0.29) is 6.04 Å². The zero-order chi connectivity index (χ0) is 14.2. The molecule has 20 heavy (non-hydrogen) atoms. The van der Waals surface area contributed by atoms with Crippen LogP contribution in [0.4, 0.5) is 0 Å². The van der Waals surface area contributed by atoms with Crippen LogP contribution in [0.1, 0.15) is 23.6 Å². The Morgan fingerprint density at radius 1 is 1.05 bits per heavy atom. The summed E-state index contributed by atoms with van der Waals surface area (Å²) in [6.45, 7) is 0. The number of sulfonamides is 1. The second kappa shape index (κ2) is 5.20. The number of nitrogens with one attached hydrogen (secondary N) is 1. The van der Waals surface area contributed by atoms with Crippen LogP contribution in [0, 0.1) is 0 Å². The highest BCUT2D eigenvalue weighted by Crippen LogP contribution is 2.29. The molecular weight excluding hydrogens is 294 g/mol. The zero-order valence-corrected chi connectivity index (χ0v) is 12.3. The van der Waals surface area contributed by atoms with Crippen LogP contribution in [0.5, 0.6) is 0 Å². The number of aryl methyl sites for hydroxylation is 1. The van der Waals surface area contributed by atoms with Gasteiger partial charge in [0.1, 0.15) is 0 Å². The summed E-state index contributed by atoms with van der Waals surface area (Å²) in [5.41, 5.74) is 1.81. The van der Waals surface area contributed by atoms with Gasteiger partial charge in [-0.15, -0.1) is 0 Å². The molecule has 5 heteroatoms. The van der Waals surface area contributed by atoms with Crippen LogP contribution in [0.3, 0.4) is 0 Å². The van der Waals surface area contributed by atoms with E-state index in [4.69, 9.17) is 11.6 Å². The van der Waals surface area contributed by atoms with Gasteiger partial charge in [0.25, 0.3) is 0 Å². The van der Waals surface area contributed by atoms with E-state index in [1.807, 2.05) is 24.3 Å². The van der Waals surface area contributed by atoms with Crippen molar-refractivity contribution in [2.24, 2.45) is 0 Å². The van der Waals surface area contributed by atoms with Gasteiger partial charge in [0.15, 0.2) is 0 Å². The van der Waals surface area contributed by atoms with Crippen molar-refractivity contribution in [1.29, 1.82) is 0 Å². The van der Waals surface area contributed by atoms with Crippen molar-refractivity contribution in [3.8, 4) is 0 Å². The van der Waals surface area contributed by atoms with E-state index >= 15 is 0 Å². The summed E-state index contributed by atoms with van der Waals surface area (Å²) in [6.07, 6.45) is 1.47. The van der Waals surface area contributed by atoms with Crippen molar-refractivity contribution in [2.45, 2.75) is 23.8 Å². The second-order valence-corrected chi connectivity index (χ2v) is 6.99. The van der Waals surface area contributed by atoms with Crippen LogP contribution in [0.2, 0.25) is 5.02 Å². The summed E-state index contributed by atoms with van der Waals surface area (Å²) in [5.74, 6) is 0. The average molecular weight is 308 g/mol. The molecule has 0 aromatic heterocycles. The molecule has 0 aliphatic carbocycles. The molecule has 0 unspecified atom stereocenters. The predicted octanol–water partition coefficient (Wildman–Crippen LogP) is 3.31. The first-order valence-corrected chi connectivity index (χ1v) is 8.28. The van der Waals surface area contributed by atoms with Gasteiger partial charge < -0.3 is 0 Å². The highest BCUT2D eigenvalue weighted by molar-refractivity contribution is 7.89. The minimum absolute atomic E-state index is 0.218. The Kier molecular flexibility index (Phi) is 3.54. The summed E-state index contributed by atoms with van der Waals surface area (Å²) in [6, 6.07) is 14.2. The molecule has 0 amide bonds. The average Bonchev–Trinajstić information content (AvgIpc) is 2.57. The Bertz CT molecular complexity index is 726. The van der Waals surface area contributed by atoms with Gasteiger partial charge in [-0.2, -0.15) is 0 Å². The minimum Gasteiger partial charge on any atom is -0.207 e. The summed E-state index contributed by atoms with van der Waals surface area (Å²) < 4.78 is 27.6. The van der Waals surface area contributed by atoms with Crippen molar-refractivity contribution in [3.05, 3.63) is 64.7 Å². The molecule has 2 aromatic rings. The maximum Gasteiger partial charge on any atom is 0.241 e. The van der Waals surface area contributed by atoms with Crippen LogP contribution in [0.15, 0.2) is 53.4 Å². The quantitative estimate of drug-likeness (QED) is 0.878. The lowest BCUT2D eigenvalue weighted by Crippen LogP contribution is -2.27. The van der Waals surface area contributed by atoms with Crippen molar-refractivity contribution in [3.63, 3.8) is 0 Å². The van der Waals surface area contributed by atoms with Crippen LogP contribution >= 0.6 is 11.6 Å². The van der Waals surface area contributed by atoms with Crippen molar-refractivity contribution in [2.75, 3.05) is 0 Å². The topological polar surface area (TPSA) is 46.2 Å². The van der Waals surface area contributed by atoms with Crippen molar-refractivity contribution >= 4 is 21.6 Å². The number of hydrogen-bond acceptors (Lipinski definition) is 2. The molecule has 1 aliphatic rings. The van der Waals surface area contributed by atoms with Crippen LogP contribution in [-0.4, -0.2) is 8.42 Å². The fraction of sp³-hybridized carbons (Fsp3) is 0.200. The maximum absolute atomic E-state index is 12.4. The Hall–Kier alpha value is -1.36. The van der Waals surface area contributed by atoms with Gasteiger partial charge in [-0.25, -0.2) is 13.1 Å². The van der Waals surface area contributed by atoms with E-state index in [1.165, 1.54) is 0 Å². The molecule has 1 heterocycles. The first kappa shape index (κ1) is 13.6. The van der Waals surface area contributed by atoms with E-state index in [2.05, 4.69) is 4.72 Å². The Labute approximate surface area is 123 Å². The van der Waals surface area contributed by atoms with Gasteiger partial charge in [0.2, 0.25) is 10.0 Å². The minimum atomic E-state index is -3.47. The molecule has 3 rings (SSSR count). The van der Waals surface area contributed by atoms with E-state index in [0.29, 0.717) is 9.92 Å². The molecule has 3 nitrogen and oxygen atoms in total. The molecule has 0 bridgehead atoms. The summed E-state index contributed by atoms with van der Waals surface area (Å²) in [5, 5.41) is 0.647. The van der Waals surface area contributed by atoms with Crippen molar-refractivity contribution < 1.29 is 8.42 Å². The normalized spacial score (nSPS) is 20.9. The molecule has 0 radical (unpaired) electrons. The van der Waals surface area contributed by atoms with Gasteiger partial charge in [0.05, 0.1) is 4.90 Å². The molecular formula is C15H14ClNO2S. The summed E-state index contributed by atoms with van der Waals surface area (Å²) in [4.78, 5) is 0.386. The van der Waals surface area contributed by atoms with E-state index in [1.54, 1.807) is 24.3 Å². The van der Waals surface area contributed by atoms with Crippen molar-refractivity contribution in [1.82, 2.24) is 4.72 Å². The largest absolute Gasteiger partial charge is 0.241 e. The third-order valence-corrected chi connectivity index (χ3v) is 5.36. The van der Waals surface area contributed by atoms with Gasteiger partial charge in [-0.3, -0.25) is 0 Å². The predicted molar refractivity (Wildman–Crippen MR) is 79.3 cm³/mol. The molecule has 1 atom stereocenters. The van der Waals surface area contributed by atoms with E-state index in [0.717, 1.165) is 24.0 Å². The lowest BCUT2D eigenvalue weighted by Gasteiger charge is -2.15. The van der Waals surface area contributed by atoms with E-state index in [9.17, 15) is 8.42 Å². The SMILES string of the molecule is O=S1(=O)N[C@H](c2ccc(Cl)cc2)CCc2ccccc21.